The van der Waals surface area contributed by atoms with Crippen molar-refractivity contribution in [1.29, 1.82) is 0 Å². The van der Waals surface area contributed by atoms with Crippen molar-refractivity contribution in [3.63, 3.8) is 0 Å². The minimum atomic E-state index is 1.05. The van der Waals surface area contributed by atoms with Crippen LogP contribution in [0.3, 0.4) is 0 Å². The van der Waals surface area contributed by atoms with Gasteiger partial charge in [0.2, 0.25) is 0 Å². The van der Waals surface area contributed by atoms with Gasteiger partial charge in [0.15, 0.2) is 0 Å². The molecule has 0 aliphatic rings. The number of rotatable bonds is 7. The number of fused-ring (bicyclic) bond motifs is 1. The SMILES string of the molecule is CCN(C)CCNCCc1ccc2ccccc2c1. The fourth-order valence-corrected chi connectivity index (χ4v) is 2.18. The van der Waals surface area contributed by atoms with Gasteiger partial charge in [-0.05, 0) is 42.9 Å². The van der Waals surface area contributed by atoms with Crippen molar-refractivity contribution < 1.29 is 0 Å². The molecule has 102 valence electrons. The molecule has 0 radical (unpaired) electrons. The molecule has 0 aliphatic carbocycles. The molecule has 0 saturated heterocycles. The van der Waals surface area contributed by atoms with Crippen LogP contribution in [0.15, 0.2) is 42.5 Å². The van der Waals surface area contributed by atoms with Gasteiger partial charge in [-0.25, -0.2) is 0 Å². The Kier molecular flexibility index (Phi) is 5.37. The lowest BCUT2D eigenvalue weighted by molar-refractivity contribution is 0.349. The van der Waals surface area contributed by atoms with Crippen LogP contribution in [0.5, 0.6) is 0 Å². The van der Waals surface area contributed by atoms with Crippen LogP contribution in [0.25, 0.3) is 10.8 Å². The molecule has 0 fully saturated rings. The minimum absolute atomic E-state index is 1.05. The summed E-state index contributed by atoms with van der Waals surface area (Å²) in [5.41, 5.74) is 1.41. The maximum atomic E-state index is 3.51. The first kappa shape index (κ1) is 14.0. The van der Waals surface area contributed by atoms with E-state index in [1.165, 1.54) is 16.3 Å². The summed E-state index contributed by atoms with van der Waals surface area (Å²) in [7, 11) is 2.16. The minimum Gasteiger partial charge on any atom is -0.315 e. The Morgan fingerprint density at radius 2 is 1.79 bits per heavy atom. The number of nitrogens with one attached hydrogen (secondary N) is 1. The van der Waals surface area contributed by atoms with E-state index in [-0.39, 0.29) is 0 Å². The van der Waals surface area contributed by atoms with E-state index in [2.05, 4.69) is 66.7 Å². The zero-order chi connectivity index (χ0) is 13.5. The molecule has 0 aliphatic heterocycles. The van der Waals surface area contributed by atoms with Crippen molar-refractivity contribution in [1.82, 2.24) is 10.2 Å². The zero-order valence-corrected chi connectivity index (χ0v) is 12.0. The average Bonchev–Trinajstić information content (AvgIpc) is 2.46. The Morgan fingerprint density at radius 1 is 1.00 bits per heavy atom. The highest BCUT2D eigenvalue weighted by atomic mass is 15.1. The summed E-state index contributed by atoms with van der Waals surface area (Å²) in [4.78, 5) is 2.32. The fraction of sp³-hybridized carbons (Fsp3) is 0.412. The first-order valence-electron chi connectivity index (χ1n) is 7.16. The van der Waals surface area contributed by atoms with Crippen LogP contribution in [0.4, 0.5) is 0 Å². The van der Waals surface area contributed by atoms with Gasteiger partial charge >= 0.3 is 0 Å². The molecular weight excluding hydrogens is 232 g/mol. The average molecular weight is 256 g/mol. The Labute approximate surface area is 116 Å². The molecule has 0 bridgehead atoms. The topological polar surface area (TPSA) is 15.3 Å². The van der Waals surface area contributed by atoms with Crippen molar-refractivity contribution in [3.8, 4) is 0 Å². The van der Waals surface area contributed by atoms with E-state index in [0.29, 0.717) is 0 Å². The molecule has 2 heteroatoms. The predicted octanol–water partition coefficient (Wildman–Crippen LogP) is 2.92. The number of hydrogen-bond donors (Lipinski definition) is 1. The Morgan fingerprint density at radius 3 is 2.58 bits per heavy atom. The third-order valence-corrected chi connectivity index (χ3v) is 3.61. The Bertz CT molecular complexity index is 507. The van der Waals surface area contributed by atoms with Crippen LogP contribution in [-0.2, 0) is 6.42 Å². The van der Waals surface area contributed by atoms with E-state index in [1.807, 2.05) is 0 Å². The van der Waals surface area contributed by atoms with Gasteiger partial charge in [-0.15, -0.1) is 0 Å². The van der Waals surface area contributed by atoms with Crippen molar-refractivity contribution in [2.24, 2.45) is 0 Å². The molecular formula is C17H24N2. The second-order valence-corrected chi connectivity index (χ2v) is 5.08. The third-order valence-electron chi connectivity index (χ3n) is 3.61. The lowest BCUT2D eigenvalue weighted by atomic mass is 10.1. The predicted molar refractivity (Wildman–Crippen MR) is 83.7 cm³/mol. The molecule has 0 saturated carbocycles. The number of nitrogens with zero attached hydrogens (tertiary/aromatic N) is 1. The van der Waals surface area contributed by atoms with E-state index < -0.39 is 0 Å². The molecule has 0 unspecified atom stereocenters. The molecule has 2 aromatic carbocycles. The molecule has 0 atom stereocenters. The van der Waals surface area contributed by atoms with Gasteiger partial charge in [-0.3, -0.25) is 0 Å². The first-order chi connectivity index (χ1) is 9.29. The van der Waals surface area contributed by atoms with E-state index in [4.69, 9.17) is 0 Å². The molecule has 2 aromatic rings. The normalized spacial score (nSPS) is 11.3. The summed E-state index contributed by atoms with van der Waals surface area (Å²) >= 11 is 0. The van der Waals surface area contributed by atoms with E-state index in [1.54, 1.807) is 0 Å². The van der Waals surface area contributed by atoms with Crippen molar-refractivity contribution in [2.75, 3.05) is 33.2 Å². The van der Waals surface area contributed by atoms with Gasteiger partial charge in [-0.2, -0.15) is 0 Å². The van der Waals surface area contributed by atoms with Crippen LogP contribution < -0.4 is 5.32 Å². The quantitative estimate of drug-likeness (QED) is 0.766. The lowest BCUT2D eigenvalue weighted by Crippen LogP contribution is -2.30. The molecule has 19 heavy (non-hydrogen) atoms. The summed E-state index contributed by atoms with van der Waals surface area (Å²) in [6, 6.07) is 15.3. The van der Waals surface area contributed by atoms with E-state index >= 15 is 0 Å². The number of likely N-dealkylation sites (N-methyl/N-ethyl adjacent to an activating group) is 1. The van der Waals surface area contributed by atoms with Gasteiger partial charge in [0.25, 0.3) is 0 Å². The van der Waals surface area contributed by atoms with Crippen LogP contribution in [0, 0.1) is 0 Å². The van der Waals surface area contributed by atoms with Gasteiger partial charge in [0, 0.05) is 13.1 Å². The summed E-state index contributed by atoms with van der Waals surface area (Å²) < 4.78 is 0. The van der Waals surface area contributed by atoms with Crippen molar-refractivity contribution in [3.05, 3.63) is 48.0 Å². The molecule has 2 nitrogen and oxygen atoms in total. The Hall–Kier alpha value is -1.38. The summed E-state index contributed by atoms with van der Waals surface area (Å²) in [6.07, 6.45) is 1.10. The Balaban J connectivity index is 1.78. The highest BCUT2D eigenvalue weighted by Gasteiger charge is 1.97. The number of hydrogen-bond acceptors (Lipinski definition) is 2. The smallest absolute Gasteiger partial charge is 0.0104 e. The standard InChI is InChI=1S/C17H24N2/c1-3-19(2)13-12-18-11-10-15-8-9-16-6-4-5-7-17(16)14-15/h4-9,14,18H,3,10-13H2,1-2H3. The largest absolute Gasteiger partial charge is 0.315 e. The molecule has 0 aromatic heterocycles. The van der Waals surface area contributed by atoms with Gasteiger partial charge < -0.3 is 10.2 Å². The molecule has 0 spiro atoms. The molecule has 2 rings (SSSR count). The molecule has 0 amide bonds. The van der Waals surface area contributed by atoms with Gasteiger partial charge in [0.1, 0.15) is 0 Å². The molecule has 1 N–H and O–H groups in total. The van der Waals surface area contributed by atoms with E-state index in [9.17, 15) is 0 Å². The van der Waals surface area contributed by atoms with Crippen molar-refractivity contribution >= 4 is 10.8 Å². The van der Waals surface area contributed by atoms with Crippen LogP contribution in [0.1, 0.15) is 12.5 Å². The van der Waals surface area contributed by atoms with Gasteiger partial charge in [-0.1, -0.05) is 49.4 Å². The van der Waals surface area contributed by atoms with Crippen molar-refractivity contribution in [2.45, 2.75) is 13.3 Å². The van der Waals surface area contributed by atoms with E-state index in [0.717, 1.165) is 32.6 Å². The number of benzene rings is 2. The summed E-state index contributed by atoms with van der Waals surface area (Å²) in [6.45, 7) is 6.55. The summed E-state index contributed by atoms with van der Waals surface area (Å²) in [5.74, 6) is 0. The maximum Gasteiger partial charge on any atom is 0.0104 e. The maximum absolute atomic E-state index is 3.51. The lowest BCUT2D eigenvalue weighted by Gasteiger charge is -2.14. The van der Waals surface area contributed by atoms with Crippen LogP contribution in [-0.4, -0.2) is 38.1 Å². The second-order valence-electron chi connectivity index (χ2n) is 5.08. The summed E-state index contributed by atoms with van der Waals surface area (Å²) in [5, 5.41) is 6.17. The highest BCUT2D eigenvalue weighted by Crippen LogP contribution is 2.15. The van der Waals surface area contributed by atoms with Crippen LogP contribution >= 0.6 is 0 Å². The zero-order valence-electron chi connectivity index (χ0n) is 12.0. The first-order valence-corrected chi connectivity index (χ1v) is 7.16. The fourth-order valence-electron chi connectivity index (χ4n) is 2.18. The molecule has 0 heterocycles. The monoisotopic (exact) mass is 256 g/mol. The second kappa shape index (κ2) is 7.27. The third kappa shape index (κ3) is 4.34. The highest BCUT2D eigenvalue weighted by molar-refractivity contribution is 5.82. The van der Waals surface area contributed by atoms with Crippen LogP contribution in [0.2, 0.25) is 0 Å². The van der Waals surface area contributed by atoms with Gasteiger partial charge in [0.05, 0.1) is 0 Å².